The number of hydrogen-bond donors (Lipinski definition) is 1. The van der Waals surface area contributed by atoms with Crippen molar-refractivity contribution in [3.8, 4) is 5.75 Å². The minimum Gasteiger partial charge on any atom is -0.491 e. The van der Waals surface area contributed by atoms with Crippen molar-refractivity contribution in [3.05, 3.63) is 29.6 Å². The van der Waals surface area contributed by atoms with Gasteiger partial charge >= 0.3 is 6.09 Å². The van der Waals surface area contributed by atoms with Gasteiger partial charge in [0.05, 0.1) is 19.8 Å². The summed E-state index contributed by atoms with van der Waals surface area (Å²) in [5, 5.41) is 2.60. The minimum atomic E-state index is -0.449. The molecule has 0 aliphatic heterocycles. The second-order valence-corrected chi connectivity index (χ2v) is 6.43. The van der Waals surface area contributed by atoms with Gasteiger partial charge in [-0.2, -0.15) is 0 Å². The lowest BCUT2D eigenvalue weighted by molar-refractivity contribution is 0.0887. The van der Waals surface area contributed by atoms with E-state index in [0.29, 0.717) is 38.7 Å². The highest BCUT2D eigenvalue weighted by Gasteiger charge is 2.13. The molecule has 1 aromatic rings. The van der Waals surface area contributed by atoms with E-state index in [-0.39, 0.29) is 11.2 Å². The predicted octanol–water partition coefficient (Wildman–Crippen LogP) is 3.30. The predicted molar refractivity (Wildman–Crippen MR) is 86.3 cm³/mol. The summed E-state index contributed by atoms with van der Waals surface area (Å²) in [6.07, 6.45) is -0.449. The Hall–Kier alpha value is -1.82. The first-order chi connectivity index (χ1) is 10.8. The number of amides is 1. The zero-order chi connectivity index (χ0) is 17.3. The molecule has 0 fully saturated rings. The summed E-state index contributed by atoms with van der Waals surface area (Å²) < 4.78 is 28.9. The van der Waals surface area contributed by atoms with E-state index < -0.39 is 6.09 Å². The zero-order valence-electron chi connectivity index (χ0n) is 14.3. The molecule has 0 saturated heterocycles. The molecule has 0 aliphatic carbocycles. The van der Waals surface area contributed by atoms with Gasteiger partial charge in [0.15, 0.2) is 0 Å². The third kappa shape index (κ3) is 9.03. The van der Waals surface area contributed by atoms with Crippen LogP contribution in [0.1, 0.15) is 26.3 Å². The standard InChI is InChI=1S/C17H26FNO4/c1-13-5-6-14(18)11-15(13)22-10-9-21-8-7-19-16(20)23-12-17(2,3)4/h5-6,11H,7-10,12H2,1-4H3,(H,19,20). The van der Waals surface area contributed by atoms with Gasteiger partial charge in [-0.3, -0.25) is 0 Å². The quantitative estimate of drug-likeness (QED) is 0.744. The van der Waals surface area contributed by atoms with Gasteiger partial charge in [-0.05, 0) is 24.0 Å². The third-order valence-electron chi connectivity index (χ3n) is 2.79. The van der Waals surface area contributed by atoms with Crippen LogP contribution in [0.5, 0.6) is 5.75 Å². The SMILES string of the molecule is Cc1ccc(F)cc1OCCOCCNC(=O)OCC(C)(C)C. The fraction of sp³-hybridized carbons (Fsp3) is 0.588. The van der Waals surface area contributed by atoms with Crippen LogP contribution in [0.4, 0.5) is 9.18 Å². The number of carbonyl (C=O) groups excluding carboxylic acids is 1. The summed E-state index contributed by atoms with van der Waals surface area (Å²) in [5.74, 6) is 0.182. The summed E-state index contributed by atoms with van der Waals surface area (Å²) in [7, 11) is 0. The molecule has 1 N–H and O–H groups in total. The molecular weight excluding hydrogens is 301 g/mol. The number of hydrogen-bond acceptors (Lipinski definition) is 4. The van der Waals surface area contributed by atoms with Crippen LogP contribution in [-0.4, -0.2) is 39.1 Å². The van der Waals surface area contributed by atoms with E-state index in [4.69, 9.17) is 14.2 Å². The highest BCUT2D eigenvalue weighted by molar-refractivity contribution is 5.67. The van der Waals surface area contributed by atoms with Crippen molar-refractivity contribution >= 4 is 6.09 Å². The maximum absolute atomic E-state index is 13.1. The molecule has 1 amide bonds. The van der Waals surface area contributed by atoms with Crippen molar-refractivity contribution in [2.24, 2.45) is 5.41 Å². The van der Waals surface area contributed by atoms with Gasteiger partial charge in [-0.1, -0.05) is 26.8 Å². The first-order valence-corrected chi connectivity index (χ1v) is 7.65. The van der Waals surface area contributed by atoms with E-state index >= 15 is 0 Å². The number of nitrogens with one attached hydrogen (secondary N) is 1. The Balaban J connectivity index is 2.05. The Labute approximate surface area is 137 Å². The van der Waals surface area contributed by atoms with Gasteiger partial charge < -0.3 is 19.5 Å². The van der Waals surface area contributed by atoms with Crippen LogP contribution in [0.3, 0.4) is 0 Å². The zero-order valence-corrected chi connectivity index (χ0v) is 14.3. The Morgan fingerprint density at radius 1 is 1.22 bits per heavy atom. The molecule has 0 bridgehead atoms. The van der Waals surface area contributed by atoms with Crippen LogP contribution in [0.15, 0.2) is 18.2 Å². The largest absolute Gasteiger partial charge is 0.491 e. The van der Waals surface area contributed by atoms with E-state index in [1.807, 2.05) is 27.7 Å². The van der Waals surface area contributed by atoms with Crippen LogP contribution in [0, 0.1) is 18.2 Å². The van der Waals surface area contributed by atoms with Gasteiger partial charge in [0.2, 0.25) is 0 Å². The number of halogens is 1. The Bertz CT molecular complexity index is 500. The number of benzene rings is 1. The molecule has 0 atom stereocenters. The average molecular weight is 327 g/mol. The Kier molecular flexibility index (Phi) is 7.81. The van der Waals surface area contributed by atoms with Crippen molar-refractivity contribution in [2.45, 2.75) is 27.7 Å². The monoisotopic (exact) mass is 327 g/mol. The van der Waals surface area contributed by atoms with Crippen LogP contribution in [0.2, 0.25) is 0 Å². The highest BCUT2D eigenvalue weighted by Crippen LogP contribution is 2.18. The van der Waals surface area contributed by atoms with E-state index in [1.165, 1.54) is 12.1 Å². The second kappa shape index (κ2) is 9.35. The van der Waals surface area contributed by atoms with E-state index in [0.717, 1.165) is 5.56 Å². The van der Waals surface area contributed by atoms with E-state index in [2.05, 4.69) is 5.32 Å². The van der Waals surface area contributed by atoms with Crippen molar-refractivity contribution in [2.75, 3.05) is 33.0 Å². The topological polar surface area (TPSA) is 56.8 Å². The molecule has 130 valence electrons. The summed E-state index contributed by atoms with van der Waals surface area (Å²) in [5.41, 5.74) is 0.815. The second-order valence-electron chi connectivity index (χ2n) is 6.43. The number of aryl methyl sites for hydroxylation is 1. The molecule has 0 spiro atoms. The molecule has 6 heteroatoms. The number of alkyl carbamates (subject to hydrolysis) is 1. The van der Waals surface area contributed by atoms with Gasteiger partial charge in [0.25, 0.3) is 0 Å². The molecular formula is C17H26FNO4. The molecule has 23 heavy (non-hydrogen) atoms. The smallest absolute Gasteiger partial charge is 0.407 e. The molecule has 0 unspecified atom stereocenters. The maximum atomic E-state index is 13.1. The maximum Gasteiger partial charge on any atom is 0.407 e. The first-order valence-electron chi connectivity index (χ1n) is 7.65. The lowest BCUT2D eigenvalue weighted by Gasteiger charge is -2.17. The minimum absolute atomic E-state index is 0.0553. The molecule has 1 rings (SSSR count). The van der Waals surface area contributed by atoms with Gasteiger partial charge in [0.1, 0.15) is 18.2 Å². The average Bonchev–Trinajstić information content (AvgIpc) is 2.47. The van der Waals surface area contributed by atoms with Gasteiger partial charge in [-0.25, -0.2) is 9.18 Å². The Morgan fingerprint density at radius 3 is 2.65 bits per heavy atom. The van der Waals surface area contributed by atoms with Gasteiger partial charge in [0, 0.05) is 12.6 Å². The molecule has 0 aromatic heterocycles. The van der Waals surface area contributed by atoms with E-state index in [9.17, 15) is 9.18 Å². The third-order valence-corrected chi connectivity index (χ3v) is 2.79. The Morgan fingerprint density at radius 2 is 1.96 bits per heavy atom. The fourth-order valence-corrected chi connectivity index (χ4v) is 1.60. The number of rotatable bonds is 8. The summed E-state index contributed by atoms with van der Waals surface area (Å²) in [6.45, 7) is 9.58. The van der Waals surface area contributed by atoms with Crippen molar-refractivity contribution < 1.29 is 23.4 Å². The first kappa shape index (κ1) is 19.2. The van der Waals surface area contributed by atoms with Crippen LogP contribution < -0.4 is 10.1 Å². The number of ether oxygens (including phenoxy) is 3. The van der Waals surface area contributed by atoms with Crippen molar-refractivity contribution in [1.29, 1.82) is 0 Å². The number of carbonyl (C=O) groups is 1. The van der Waals surface area contributed by atoms with Gasteiger partial charge in [-0.15, -0.1) is 0 Å². The highest BCUT2D eigenvalue weighted by atomic mass is 19.1. The summed E-state index contributed by atoms with van der Waals surface area (Å²) in [4.78, 5) is 11.4. The van der Waals surface area contributed by atoms with Crippen LogP contribution >= 0.6 is 0 Å². The van der Waals surface area contributed by atoms with Crippen molar-refractivity contribution in [3.63, 3.8) is 0 Å². The molecule has 5 nitrogen and oxygen atoms in total. The lowest BCUT2D eigenvalue weighted by atomic mass is 9.99. The van der Waals surface area contributed by atoms with Crippen LogP contribution in [-0.2, 0) is 9.47 Å². The molecule has 0 heterocycles. The normalized spacial score (nSPS) is 11.2. The van der Waals surface area contributed by atoms with Crippen LogP contribution in [0.25, 0.3) is 0 Å². The lowest BCUT2D eigenvalue weighted by Crippen LogP contribution is -2.30. The molecule has 0 radical (unpaired) electrons. The molecule has 0 aliphatic rings. The van der Waals surface area contributed by atoms with Crippen molar-refractivity contribution in [1.82, 2.24) is 5.32 Å². The summed E-state index contributed by atoms with van der Waals surface area (Å²) >= 11 is 0. The van der Waals surface area contributed by atoms with E-state index in [1.54, 1.807) is 6.07 Å². The summed E-state index contributed by atoms with van der Waals surface area (Å²) in [6, 6.07) is 4.41. The fourth-order valence-electron chi connectivity index (χ4n) is 1.60. The molecule has 0 saturated carbocycles. The molecule has 1 aromatic carbocycles.